The standard InChI is InChI=1S/C12H20N6O/c1-4-13-12-16-10-9(14-8-15-10)11(17-12)18(3)6-7-19-5-2/h8H,4-7H2,1-3H3,(H2,13,14,15,16,17). The average molecular weight is 264 g/mol. The number of rotatable bonds is 7. The number of aromatic nitrogens is 4. The molecule has 0 aliphatic heterocycles. The highest BCUT2D eigenvalue weighted by molar-refractivity contribution is 5.84. The molecule has 19 heavy (non-hydrogen) atoms. The van der Waals surface area contributed by atoms with E-state index in [4.69, 9.17) is 4.74 Å². The number of nitrogens with one attached hydrogen (secondary N) is 2. The first-order valence-electron chi connectivity index (χ1n) is 6.50. The molecular weight excluding hydrogens is 244 g/mol. The Morgan fingerprint density at radius 2 is 2.21 bits per heavy atom. The molecule has 0 radical (unpaired) electrons. The highest BCUT2D eigenvalue weighted by Crippen LogP contribution is 2.21. The molecule has 7 heteroatoms. The van der Waals surface area contributed by atoms with Gasteiger partial charge >= 0.3 is 0 Å². The zero-order valence-corrected chi connectivity index (χ0v) is 11.6. The first kappa shape index (κ1) is 13.5. The maximum absolute atomic E-state index is 5.37. The molecule has 0 spiro atoms. The molecule has 0 aliphatic rings. The zero-order valence-electron chi connectivity index (χ0n) is 11.6. The molecule has 2 aromatic rings. The normalized spacial score (nSPS) is 10.9. The first-order valence-corrected chi connectivity index (χ1v) is 6.50. The van der Waals surface area contributed by atoms with E-state index in [1.165, 1.54) is 0 Å². The molecule has 7 nitrogen and oxygen atoms in total. The summed E-state index contributed by atoms with van der Waals surface area (Å²) in [5.41, 5.74) is 1.52. The molecule has 2 aromatic heterocycles. The maximum Gasteiger partial charge on any atom is 0.226 e. The third-order valence-corrected chi connectivity index (χ3v) is 2.74. The van der Waals surface area contributed by atoms with Crippen LogP contribution in [0.1, 0.15) is 13.8 Å². The number of anilines is 2. The molecule has 0 atom stereocenters. The van der Waals surface area contributed by atoms with Crippen LogP contribution in [0.15, 0.2) is 6.33 Å². The first-order chi connectivity index (χ1) is 9.26. The molecular formula is C12H20N6O. The van der Waals surface area contributed by atoms with E-state index in [1.807, 2.05) is 25.8 Å². The van der Waals surface area contributed by atoms with Crippen molar-refractivity contribution in [2.45, 2.75) is 13.8 Å². The van der Waals surface area contributed by atoms with Gasteiger partial charge in [0, 0.05) is 26.7 Å². The van der Waals surface area contributed by atoms with E-state index in [2.05, 4.69) is 25.3 Å². The van der Waals surface area contributed by atoms with Gasteiger partial charge in [0.1, 0.15) is 5.52 Å². The lowest BCUT2D eigenvalue weighted by atomic mass is 10.4. The number of imidazole rings is 1. The van der Waals surface area contributed by atoms with Crippen molar-refractivity contribution in [2.75, 3.05) is 43.6 Å². The average Bonchev–Trinajstić information content (AvgIpc) is 2.86. The van der Waals surface area contributed by atoms with Crippen LogP contribution >= 0.6 is 0 Å². The van der Waals surface area contributed by atoms with Gasteiger partial charge in [-0.05, 0) is 13.8 Å². The Morgan fingerprint density at radius 3 is 2.95 bits per heavy atom. The second-order valence-electron chi connectivity index (χ2n) is 4.12. The smallest absolute Gasteiger partial charge is 0.226 e. The van der Waals surface area contributed by atoms with Gasteiger partial charge in [0.05, 0.1) is 12.9 Å². The van der Waals surface area contributed by atoms with Crippen LogP contribution in [0.25, 0.3) is 11.2 Å². The summed E-state index contributed by atoms with van der Waals surface area (Å²) in [5.74, 6) is 1.43. The molecule has 0 aromatic carbocycles. The number of hydrogen-bond donors (Lipinski definition) is 2. The number of nitrogens with zero attached hydrogens (tertiary/aromatic N) is 4. The Labute approximate surface area is 112 Å². The van der Waals surface area contributed by atoms with Crippen LogP contribution in [0.4, 0.5) is 11.8 Å². The fourth-order valence-electron chi connectivity index (χ4n) is 1.78. The van der Waals surface area contributed by atoms with Crippen molar-refractivity contribution in [3.05, 3.63) is 6.33 Å². The SMILES string of the molecule is CCNc1nc(N(C)CCOCC)c2[nH]cnc2n1. The predicted octanol–water partition coefficient (Wildman–Crippen LogP) is 1.26. The molecule has 104 valence electrons. The number of hydrogen-bond acceptors (Lipinski definition) is 6. The van der Waals surface area contributed by atoms with Crippen LogP contribution in [-0.2, 0) is 4.74 Å². The van der Waals surface area contributed by atoms with Crippen LogP contribution in [0.3, 0.4) is 0 Å². The summed E-state index contributed by atoms with van der Waals surface area (Å²) in [5, 5.41) is 3.12. The second kappa shape index (κ2) is 6.33. The van der Waals surface area contributed by atoms with Crippen molar-refractivity contribution in [1.82, 2.24) is 19.9 Å². The van der Waals surface area contributed by atoms with Crippen molar-refractivity contribution in [2.24, 2.45) is 0 Å². The minimum atomic E-state index is 0.598. The van der Waals surface area contributed by atoms with Crippen LogP contribution in [0.2, 0.25) is 0 Å². The summed E-state index contributed by atoms with van der Waals surface area (Å²) in [6.45, 7) is 6.93. The minimum absolute atomic E-state index is 0.598. The van der Waals surface area contributed by atoms with Crippen molar-refractivity contribution < 1.29 is 4.74 Å². The van der Waals surface area contributed by atoms with Gasteiger partial charge in [0.2, 0.25) is 5.95 Å². The third-order valence-electron chi connectivity index (χ3n) is 2.74. The van der Waals surface area contributed by atoms with E-state index in [-0.39, 0.29) is 0 Å². The Bertz CT molecular complexity index is 526. The number of H-pyrrole nitrogens is 1. The summed E-state index contributed by atoms with van der Waals surface area (Å²) in [6.07, 6.45) is 1.63. The lowest BCUT2D eigenvalue weighted by Crippen LogP contribution is -2.24. The molecule has 0 bridgehead atoms. The van der Waals surface area contributed by atoms with Gasteiger partial charge in [-0.25, -0.2) is 4.98 Å². The Hall–Kier alpha value is -1.89. The van der Waals surface area contributed by atoms with Crippen molar-refractivity contribution >= 4 is 22.9 Å². The highest BCUT2D eigenvalue weighted by Gasteiger charge is 2.13. The Kier molecular flexibility index (Phi) is 4.51. The Morgan fingerprint density at radius 1 is 1.37 bits per heavy atom. The topological polar surface area (TPSA) is 79.0 Å². The van der Waals surface area contributed by atoms with Crippen molar-refractivity contribution in [3.63, 3.8) is 0 Å². The molecule has 2 rings (SSSR count). The van der Waals surface area contributed by atoms with E-state index < -0.39 is 0 Å². The molecule has 0 aliphatic carbocycles. The number of fused-ring (bicyclic) bond motifs is 1. The fourth-order valence-corrected chi connectivity index (χ4v) is 1.78. The molecule has 0 saturated carbocycles. The van der Waals surface area contributed by atoms with Crippen molar-refractivity contribution in [1.29, 1.82) is 0 Å². The quantitative estimate of drug-likeness (QED) is 0.733. The molecule has 0 fully saturated rings. The molecule has 2 heterocycles. The number of likely N-dealkylation sites (N-methyl/N-ethyl adjacent to an activating group) is 1. The van der Waals surface area contributed by atoms with E-state index in [9.17, 15) is 0 Å². The van der Waals surface area contributed by atoms with Gasteiger partial charge in [-0.3, -0.25) is 0 Å². The largest absolute Gasteiger partial charge is 0.380 e. The van der Waals surface area contributed by atoms with Crippen LogP contribution < -0.4 is 10.2 Å². The molecule has 0 saturated heterocycles. The fraction of sp³-hybridized carbons (Fsp3) is 0.583. The second-order valence-corrected chi connectivity index (χ2v) is 4.12. The minimum Gasteiger partial charge on any atom is -0.380 e. The van der Waals surface area contributed by atoms with Gasteiger partial charge in [-0.15, -0.1) is 0 Å². The summed E-state index contributed by atoms with van der Waals surface area (Å²) in [6, 6.07) is 0. The molecule has 2 N–H and O–H groups in total. The van der Waals surface area contributed by atoms with Gasteiger partial charge < -0.3 is 19.9 Å². The predicted molar refractivity (Wildman–Crippen MR) is 75.6 cm³/mol. The summed E-state index contributed by atoms with van der Waals surface area (Å²) >= 11 is 0. The summed E-state index contributed by atoms with van der Waals surface area (Å²) in [4.78, 5) is 18.2. The van der Waals surface area contributed by atoms with Crippen LogP contribution in [0.5, 0.6) is 0 Å². The monoisotopic (exact) mass is 264 g/mol. The Balaban J connectivity index is 2.26. The lowest BCUT2D eigenvalue weighted by Gasteiger charge is -2.19. The lowest BCUT2D eigenvalue weighted by molar-refractivity contribution is 0.154. The van der Waals surface area contributed by atoms with Gasteiger partial charge in [0.25, 0.3) is 0 Å². The maximum atomic E-state index is 5.37. The highest BCUT2D eigenvalue weighted by atomic mass is 16.5. The summed E-state index contributed by atoms with van der Waals surface area (Å²) in [7, 11) is 1.98. The van der Waals surface area contributed by atoms with E-state index in [0.29, 0.717) is 18.2 Å². The van der Waals surface area contributed by atoms with E-state index in [0.717, 1.165) is 31.0 Å². The van der Waals surface area contributed by atoms with Crippen LogP contribution in [0, 0.1) is 0 Å². The van der Waals surface area contributed by atoms with Gasteiger partial charge in [-0.1, -0.05) is 0 Å². The summed E-state index contributed by atoms with van der Waals surface area (Å²) < 4.78 is 5.37. The number of aromatic amines is 1. The van der Waals surface area contributed by atoms with Gasteiger partial charge in [-0.2, -0.15) is 9.97 Å². The van der Waals surface area contributed by atoms with E-state index in [1.54, 1.807) is 6.33 Å². The molecule has 0 amide bonds. The van der Waals surface area contributed by atoms with E-state index >= 15 is 0 Å². The van der Waals surface area contributed by atoms with Gasteiger partial charge in [0.15, 0.2) is 11.5 Å². The zero-order chi connectivity index (χ0) is 13.7. The third kappa shape index (κ3) is 3.11. The van der Waals surface area contributed by atoms with Crippen molar-refractivity contribution in [3.8, 4) is 0 Å². The molecule has 0 unspecified atom stereocenters. The number of ether oxygens (including phenoxy) is 1. The van der Waals surface area contributed by atoms with Crippen LogP contribution in [-0.4, -0.2) is 53.3 Å².